The molecule has 1 fully saturated rings. The summed E-state index contributed by atoms with van der Waals surface area (Å²) in [5.41, 5.74) is 0.748. The van der Waals surface area contributed by atoms with Crippen LogP contribution in [0.1, 0.15) is 5.56 Å². The van der Waals surface area contributed by atoms with Gasteiger partial charge in [0.05, 0.1) is 13.2 Å². The van der Waals surface area contributed by atoms with Crippen molar-refractivity contribution >= 4 is 18.0 Å². The second kappa shape index (κ2) is 7.44. The molecule has 1 aromatic carbocycles. The smallest absolute Gasteiger partial charge is 0.328 e. The molecule has 0 bridgehead atoms. The first kappa shape index (κ1) is 15.1. The minimum Gasteiger partial charge on any atom is -0.492 e. The molecule has 1 saturated heterocycles. The monoisotopic (exact) mass is 291 g/mol. The van der Waals surface area contributed by atoms with Gasteiger partial charge in [-0.25, -0.2) is 4.79 Å². The molecule has 0 spiro atoms. The van der Waals surface area contributed by atoms with E-state index in [0.717, 1.165) is 11.6 Å². The fraction of sp³-hybridized carbons (Fsp3) is 0.333. The van der Waals surface area contributed by atoms with Crippen LogP contribution in [0.4, 0.5) is 0 Å². The molecule has 0 radical (unpaired) electrons. The number of carboxylic acids is 1. The molecule has 1 aliphatic rings. The number of ether oxygens (including phenoxy) is 2. The number of nitrogens with zero attached hydrogens (tertiary/aromatic N) is 1. The Balaban J connectivity index is 1.84. The molecule has 2 rings (SSSR count). The van der Waals surface area contributed by atoms with Gasteiger partial charge in [0.2, 0.25) is 5.91 Å². The Hall–Kier alpha value is -2.34. The van der Waals surface area contributed by atoms with E-state index in [1.165, 1.54) is 6.08 Å². The van der Waals surface area contributed by atoms with E-state index in [4.69, 9.17) is 14.6 Å². The standard InChI is InChI=1S/C15H17NO5/c17-14-11-20-8-6-16(14)7-9-21-13-3-1-2-12(10-13)4-5-15(18)19/h1-5,10H,6-9,11H2,(H,18,19). The number of benzene rings is 1. The van der Waals surface area contributed by atoms with E-state index in [9.17, 15) is 9.59 Å². The highest BCUT2D eigenvalue weighted by molar-refractivity contribution is 5.85. The predicted octanol–water partition coefficient (Wildman–Crippen LogP) is 1.02. The normalized spacial score (nSPS) is 15.4. The molecule has 0 aliphatic carbocycles. The van der Waals surface area contributed by atoms with Gasteiger partial charge in [0.25, 0.3) is 0 Å². The van der Waals surface area contributed by atoms with Gasteiger partial charge in [0, 0.05) is 12.6 Å². The first-order valence-corrected chi connectivity index (χ1v) is 6.64. The number of morpholine rings is 1. The van der Waals surface area contributed by atoms with E-state index in [0.29, 0.717) is 32.1 Å². The first-order chi connectivity index (χ1) is 10.1. The van der Waals surface area contributed by atoms with Crippen LogP contribution in [0.5, 0.6) is 5.75 Å². The fourth-order valence-corrected chi connectivity index (χ4v) is 1.94. The summed E-state index contributed by atoms with van der Waals surface area (Å²) < 4.78 is 10.6. The zero-order valence-corrected chi connectivity index (χ0v) is 11.5. The maximum Gasteiger partial charge on any atom is 0.328 e. The van der Waals surface area contributed by atoms with Crippen LogP contribution in [-0.4, -0.2) is 54.8 Å². The number of rotatable bonds is 6. The molecule has 1 aliphatic heterocycles. The van der Waals surface area contributed by atoms with Gasteiger partial charge in [0.1, 0.15) is 19.0 Å². The molecular formula is C15H17NO5. The van der Waals surface area contributed by atoms with E-state index in [1.807, 2.05) is 0 Å². The predicted molar refractivity (Wildman–Crippen MR) is 76.0 cm³/mol. The Bertz CT molecular complexity index is 541. The highest BCUT2D eigenvalue weighted by atomic mass is 16.5. The molecule has 6 heteroatoms. The van der Waals surface area contributed by atoms with E-state index in [-0.39, 0.29) is 12.5 Å². The average molecular weight is 291 g/mol. The molecule has 0 unspecified atom stereocenters. The van der Waals surface area contributed by atoms with Crippen LogP contribution in [0.25, 0.3) is 6.08 Å². The van der Waals surface area contributed by atoms with E-state index >= 15 is 0 Å². The van der Waals surface area contributed by atoms with Gasteiger partial charge < -0.3 is 19.5 Å². The zero-order valence-electron chi connectivity index (χ0n) is 11.5. The van der Waals surface area contributed by atoms with Crippen molar-refractivity contribution in [1.82, 2.24) is 4.90 Å². The third-order valence-electron chi connectivity index (χ3n) is 2.99. The highest BCUT2D eigenvalue weighted by Crippen LogP contribution is 2.14. The summed E-state index contributed by atoms with van der Waals surface area (Å²) in [6.45, 7) is 2.18. The van der Waals surface area contributed by atoms with Crippen molar-refractivity contribution in [3.8, 4) is 5.75 Å². The lowest BCUT2D eigenvalue weighted by Crippen LogP contribution is -2.43. The molecule has 1 heterocycles. The van der Waals surface area contributed by atoms with Crippen molar-refractivity contribution in [1.29, 1.82) is 0 Å². The van der Waals surface area contributed by atoms with Gasteiger partial charge >= 0.3 is 5.97 Å². The molecule has 21 heavy (non-hydrogen) atoms. The van der Waals surface area contributed by atoms with E-state index in [2.05, 4.69) is 0 Å². The number of aliphatic carboxylic acids is 1. The summed E-state index contributed by atoms with van der Waals surface area (Å²) in [6, 6.07) is 7.12. The fourth-order valence-electron chi connectivity index (χ4n) is 1.94. The van der Waals surface area contributed by atoms with Gasteiger partial charge in [-0.15, -0.1) is 0 Å². The van der Waals surface area contributed by atoms with Gasteiger partial charge in [-0.2, -0.15) is 0 Å². The molecular weight excluding hydrogens is 274 g/mol. The number of hydrogen-bond donors (Lipinski definition) is 1. The van der Waals surface area contributed by atoms with Crippen molar-refractivity contribution in [3.05, 3.63) is 35.9 Å². The first-order valence-electron chi connectivity index (χ1n) is 6.64. The lowest BCUT2D eigenvalue weighted by Gasteiger charge is -2.26. The Kier molecular flexibility index (Phi) is 5.34. The van der Waals surface area contributed by atoms with Crippen molar-refractivity contribution in [2.45, 2.75) is 0 Å². The van der Waals surface area contributed by atoms with Crippen LogP contribution >= 0.6 is 0 Å². The summed E-state index contributed by atoms with van der Waals surface area (Å²) >= 11 is 0. The van der Waals surface area contributed by atoms with Gasteiger partial charge in [-0.05, 0) is 23.8 Å². The maximum atomic E-state index is 11.5. The topological polar surface area (TPSA) is 76.1 Å². The van der Waals surface area contributed by atoms with Crippen molar-refractivity contribution in [3.63, 3.8) is 0 Å². The van der Waals surface area contributed by atoms with Crippen LogP contribution < -0.4 is 4.74 Å². The molecule has 1 N–H and O–H groups in total. The maximum absolute atomic E-state index is 11.5. The SMILES string of the molecule is O=C(O)C=Cc1cccc(OCCN2CCOCC2=O)c1. The average Bonchev–Trinajstić information content (AvgIpc) is 2.48. The number of amides is 1. The molecule has 1 aromatic rings. The molecule has 0 atom stereocenters. The number of carbonyl (C=O) groups is 2. The largest absolute Gasteiger partial charge is 0.492 e. The van der Waals surface area contributed by atoms with Crippen molar-refractivity contribution in [2.75, 3.05) is 32.9 Å². The van der Waals surface area contributed by atoms with Crippen LogP contribution in [0.15, 0.2) is 30.3 Å². The third-order valence-corrected chi connectivity index (χ3v) is 2.99. The molecule has 112 valence electrons. The quantitative estimate of drug-likeness (QED) is 0.792. The Labute approximate surface area is 122 Å². The Morgan fingerprint density at radius 3 is 3.10 bits per heavy atom. The van der Waals surface area contributed by atoms with Crippen molar-refractivity contribution in [2.24, 2.45) is 0 Å². The number of carboxylic acid groups (broad SMARTS) is 1. The third kappa shape index (κ3) is 4.92. The van der Waals surface area contributed by atoms with Crippen LogP contribution in [0, 0.1) is 0 Å². The van der Waals surface area contributed by atoms with Gasteiger partial charge in [0.15, 0.2) is 0 Å². The van der Waals surface area contributed by atoms with E-state index in [1.54, 1.807) is 29.2 Å². The minimum absolute atomic E-state index is 0.0250. The van der Waals surface area contributed by atoms with Gasteiger partial charge in [-0.3, -0.25) is 4.79 Å². The molecule has 0 saturated carbocycles. The summed E-state index contributed by atoms with van der Waals surface area (Å²) in [5, 5.41) is 8.59. The van der Waals surface area contributed by atoms with Crippen LogP contribution in [0.3, 0.4) is 0 Å². The molecule has 1 amide bonds. The summed E-state index contributed by atoms with van der Waals surface area (Å²) in [6.07, 6.45) is 2.58. The minimum atomic E-state index is -0.993. The van der Waals surface area contributed by atoms with Crippen LogP contribution in [-0.2, 0) is 14.3 Å². The summed E-state index contributed by atoms with van der Waals surface area (Å²) in [5.74, 6) is -0.376. The van der Waals surface area contributed by atoms with Crippen molar-refractivity contribution < 1.29 is 24.2 Å². The second-order valence-electron chi connectivity index (χ2n) is 4.53. The molecule has 0 aromatic heterocycles. The lowest BCUT2D eigenvalue weighted by molar-refractivity contribution is -0.143. The Morgan fingerprint density at radius 1 is 1.48 bits per heavy atom. The summed E-state index contributed by atoms with van der Waals surface area (Å²) in [4.78, 5) is 23.7. The van der Waals surface area contributed by atoms with E-state index < -0.39 is 5.97 Å². The summed E-state index contributed by atoms with van der Waals surface area (Å²) in [7, 11) is 0. The number of hydrogen-bond acceptors (Lipinski definition) is 4. The number of carbonyl (C=O) groups excluding carboxylic acids is 1. The highest BCUT2D eigenvalue weighted by Gasteiger charge is 2.17. The lowest BCUT2D eigenvalue weighted by atomic mass is 10.2. The zero-order chi connectivity index (χ0) is 15.1. The second-order valence-corrected chi connectivity index (χ2v) is 4.53. The Morgan fingerprint density at radius 2 is 2.33 bits per heavy atom. The molecule has 6 nitrogen and oxygen atoms in total. The van der Waals surface area contributed by atoms with Crippen LogP contribution in [0.2, 0.25) is 0 Å². The van der Waals surface area contributed by atoms with Gasteiger partial charge in [-0.1, -0.05) is 12.1 Å².